The zero-order valence-corrected chi connectivity index (χ0v) is 15.3. The van der Waals surface area contributed by atoms with Gasteiger partial charge in [0.15, 0.2) is 0 Å². The Hall–Kier alpha value is -2.52. The van der Waals surface area contributed by atoms with Gasteiger partial charge >= 0.3 is 17.1 Å². The maximum atomic E-state index is 9.71. The van der Waals surface area contributed by atoms with Crippen LogP contribution in [0.3, 0.4) is 0 Å². The third-order valence-corrected chi connectivity index (χ3v) is 2.28. The first-order chi connectivity index (χ1) is 10.0. The summed E-state index contributed by atoms with van der Waals surface area (Å²) in [6, 6.07) is 10.1. The van der Waals surface area contributed by atoms with Gasteiger partial charge in [-0.05, 0) is 24.3 Å². The van der Waals surface area contributed by atoms with Crippen molar-refractivity contribution in [3.63, 3.8) is 0 Å². The minimum Gasteiger partial charge on any atom is -0.550 e. The average Bonchev–Trinajstić information content (AvgIpc) is 2.49. The number of rotatable bonds is 4. The van der Waals surface area contributed by atoms with Crippen molar-refractivity contribution in [2.45, 2.75) is 12.5 Å². The molecule has 0 fully saturated rings. The van der Waals surface area contributed by atoms with E-state index < -0.39 is 24.4 Å². The van der Waals surface area contributed by atoms with E-state index in [0.717, 1.165) is 11.4 Å². The van der Waals surface area contributed by atoms with Crippen LogP contribution in [-0.4, -0.2) is 60.8 Å². The number of hydrogen-bond acceptors (Lipinski definition) is 7. The number of carboxylic acid groups (broad SMARTS) is 2. The number of nitrogens with zero attached hydrogens (tertiary/aromatic N) is 2. The molecule has 1 radical (unpaired) electrons. The second-order valence-electron chi connectivity index (χ2n) is 3.93. The first kappa shape index (κ1) is 44.7. The van der Waals surface area contributed by atoms with Gasteiger partial charge in [-0.3, -0.25) is 9.97 Å². The molecule has 13 nitrogen and oxygen atoms in total. The Bertz CT molecular complexity index is 555. The van der Waals surface area contributed by atoms with Crippen LogP contribution >= 0.6 is 0 Å². The first-order valence-electron chi connectivity index (χ1n) is 5.99. The van der Waals surface area contributed by atoms with Gasteiger partial charge < -0.3 is 58.4 Å². The van der Waals surface area contributed by atoms with Crippen LogP contribution < -0.4 is 15.9 Å². The molecule has 14 heteroatoms. The summed E-state index contributed by atoms with van der Waals surface area (Å²) in [6.45, 7) is 0. The summed E-state index contributed by atoms with van der Waals surface area (Å²) < 4.78 is 0. The van der Waals surface area contributed by atoms with Crippen LogP contribution in [0.1, 0.15) is 6.42 Å². The van der Waals surface area contributed by atoms with Crippen molar-refractivity contribution in [2.75, 3.05) is 0 Å². The Morgan fingerprint density at radius 2 is 1.18 bits per heavy atom. The smallest absolute Gasteiger partial charge is 0.550 e. The molecule has 0 spiro atoms. The Kier molecular flexibility index (Phi) is 39.1. The molecule has 0 aliphatic rings. The van der Waals surface area contributed by atoms with E-state index in [-0.39, 0.29) is 49.9 Å². The zero-order chi connectivity index (χ0) is 15.7. The van der Waals surface area contributed by atoms with E-state index in [2.05, 4.69) is 9.97 Å². The van der Waals surface area contributed by atoms with Crippen molar-refractivity contribution < 1.29 is 69.7 Å². The third kappa shape index (κ3) is 18.3. The zero-order valence-electron chi connectivity index (χ0n) is 14.3. The molecule has 2 aromatic heterocycles. The predicted octanol–water partition coefficient (Wildman–Crippen LogP) is -6.60. The van der Waals surface area contributed by atoms with Gasteiger partial charge in [0.25, 0.3) is 0 Å². The maximum Gasteiger partial charge on any atom is 2.00 e. The van der Waals surface area contributed by atoms with Crippen molar-refractivity contribution in [3.8, 4) is 11.4 Å². The maximum absolute atomic E-state index is 9.71. The Morgan fingerprint density at radius 1 is 0.821 bits per heavy atom. The molecule has 0 unspecified atom stereocenters. The first-order valence-corrected chi connectivity index (χ1v) is 5.99. The van der Waals surface area contributed by atoms with E-state index in [9.17, 15) is 19.8 Å². The van der Waals surface area contributed by atoms with E-state index in [0.29, 0.717) is 0 Å². The summed E-state index contributed by atoms with van der Waals surface area (Å²) in [6.07, 6.45) is 2.83. The van der Waals surface area contributed by atoms with Gasteiger partial charge in [0, 0.05) is 30.8 Å². The van der Waals surface area contributed by atoms with E-state index in [4.69, 9.17) is 5.73 Å². The second kappa shape index (κ2) is 24.5. The van der Waals surface area contributed by atoms with Gasteiger partial charge in [0.05, 0.1) is 17.4 Å². The molecular weight excluding hydrogens is 434 g/mol. The van der Waals surface area contributed by atoms with Crippen LogP contribution in [0.5, 0.6) is 0 Å². The Balaban J connectivity index is -0.0000000518. The minimum atomic E-state index is -1.58. The minimum absolute atomic E-state index is 0. The monoisotopic (exact) mass is 458 g/mol. The van der Waals surface area contributed by atoms with E-state index >= 15 is 0 Å². The molecular formula is C14H25CuN3O10. The van der Waals surface area contributed by atoms with Crippen molar-refractivity contribution in [1.29, 1.82) is 0 Å². The SMILES string of the molecule is N[C@H](CC(=O)[O-])C(=O)[O-].O.O.O.O.O.O.[Cu+2].c1ccc(-c2ccccn2)nc1. The summed E-state index contributed by atoms with van der Waals surface area (Å²) in [5, 5.41) is 19.3. The fraction of sp³-hybridized carbons (Fsp3) is 0.143. The summed E-state index contributed by atoms with van der Waals surface area (Å²) in [4.78, 5) is 27.7. The average molecular weight is 459 g/mol. The number of carboxylic acids is 2. The van der Waals surface area contributed by atoms with Crippen LogP contribution in [0.2, 0.25) is 0 Å². The molecule has 28 heavy (non-hydrogen) atoms. The van der Waals surface area contributed by atoms with Crippen molar-refractivity contribution in [1.82, 2.24) is 9.97 Å². The Morgan fingerprint density at radius 3 is 1.36 bits per heavy atom. The summed E-state index contributed by atoms with van der Waals surface area (Å²) in [5.41, 5.74) is 6.56. The van der Waals surface area contributed by atoms with Crippen LogP contribution in [-0.2, 0) is 26.7 Å². The molecule has 167 valence electrons. The molecule has 0 aliphatic carbocycles. The number of nitrogens with two attached hydrogens (primary N) is 1. The fourth-order valence-corrected chi connectivity index (χ4v) is 1.29. The van der Waals surface area contributed by atoms with Gasteiger partial charge in [-0.25, -0.2) is 0 Å². The van der Waals surface area contributed by atoms with E-state index in [1.54, 1.807) is 12.4 Å². The molecule has 0 saturated heterocycles. The number of carbonyl (C=O) groups excluding carboxylic acids is 2. The van der Waals surface area contributed by atoms with Gasteiger partial charge in [0.1, 0.15) is 0 Å². The third-order valence-electron chi connectivity index (χ3n) is 2.28. The van der Waals surface area contributed by atoms with Gasteiger partial charge in [0.2, 0.25) is 0 Å². The van der Waals surface area contributed by atoms with Crippen molar-refractivity contribution in [3.05, 3.63) is 48.8 Å². The van der Waals surface area contributed by atoms with E-state index in [1.165, 1.54) is 0 Å². The topological polar surface area (TPSA) is 321 Å². The molecule has 1 atom stereocenters. The number of aliphatic carboxylic acids is 2. The molecule has 0 aromatic carbocycles. The molecule has 2 aromatic rings. The van der Waals surface area contributed by atoms with Crippen molar-refractivity contribution >= 4 is 11.9 Å². The summed E-state index contributed by atoms with van der Waals surface area (Å²) >= 11 is 0. The van der Waals surface area contributed by atoms with Crippen molar-refractivity contribution in [2.24, 2.45) is 5.73 Å². The molecule has 14 N–H and O–H groups in total. The quantitative estimate of drug-likeness (QED) is 0.430. The van der Waals surface area contributed by atoms with Crippen LogP contribution in [0.15, 0.2) is 48.8 Å². The molecule has 0 aliphatic heterocycles. The van der Waals surface area contributed by atoms with Crippen LogP contribution in [0.4, 0.5) is 0 Å². The number of pyridine rings is 2. The molecule has 0 amide bonds. The van der Waals surface area contributed by atoms with Crippen LogP contribution in [0, 0.1) is 0 Å². The van der Waals surface area contributed by atoms with Gasteiger partial charge in [-0.2, -0.15) is 0 Å². The van der Waals surface area contributed by atoms with Crippen LogP contribution in [0.25, 0.3) is 11.4 Å². The van der Waals surface area contributed by atoms with Gasteiger partial charge in [-0.15, -0.1) is 0 Å². The fourth-order valence-electron chi connectivity index (χ4n) is 1.29. The second-order valence-corrected chi connectivity index (χ2v) is 3.93. The molecule has 2 rings (SSSR count). The molecule has 2 heterocycles. The van der Waals surface area contributed by atoms with E-state index in [1.807, 2.05) is 36.4 Å². The predicted molar refractivity (Wildman–Crippen MR) is 91.8 cm³/mol. The Labute approximate surface area is 170 Å². The number of carbonyl (C=O) groups is 2. The number of aromatic nitrogens is 2. The molecule has 0 bridgehead atoms. The normalized spacial score (nSPS) is 8.18. The van der Waals surface area contributed by atoms with Gasteiger partial charge in [-0.1, -0.05) is 12.1 Å². The summed E-state index contributed by atoms with van der Waals surface area (Å²) in [7, 11) is 0. The molecule has 0 saturated carbocycles. The standard InChI is InChI=1S/C10H8N2.C4H7NO4.Cu.6H2O/c1-3-7-11-9(5-1)10-6-2-4-8-12-10;5-2(4(8)9)1-3(6)7;;;;;;;/h1-8H;2H,1,5H2,(H,6,7)(H,8,9);;6*1H2/q;;+2;;;;;;/p-2/t;2-;;;;;;;/m.1......./s1. The number of hydrogen-bond donors (Lipinski definition) is 1. The summed E-state index contributed by atoms with van der Waals surface area (Å²) in [5.74, 6) is -3.08. The largest absolute Gasteiger partial charge is 2.00 e.